The summed E-state index contributed by atoms with van der Waals surface area (Å²) >= 11 is 0. The van der Waals surface area contributed by atoms with Crippen LogP contribution in [0.2, 0.25) is 0 Å². The van der Waals surface area contributed by atoms with Gasteiger partial charge in [-0.3, -0.25) is 0 Å². The Morgan fingerprint density at radius 3 is 2.33 bits per heavy atom. The van der Waals surface area contributed by atoms with Crippen LogP contribution in [0.4, 0.5) is 0 Å². The second-order valence-electron chi connectivity index (χ2n) is 3.85. The molecule has 0 saturated heterocycles. The molecule has 0 bridgehead atoms. The third-order valence-electron chi connectivity index (χ3n) is 2.73. The second kappa shape index (κ2) is 6.44. The number of rotatable bonds is 4. The van der Waals surface area contributed by atoms with Gasteiger partial charge in [0, 0.05) is 13.1 Å². The summed E-state index contributed by atoms with van der Waals surface area (Å²) in [4.78, 5) is 0. The lowest BCUT2D eigenvalue weighted by Gasteiger charge is -2.13. The molecule has 0 aromatic heterocycles. The second-order valence-corrected chi connectivity index (χ2v) is 3.85. The Hall–Kier alpha value is -0.0800. The molecule has 0 heterocycles. The van der Waals surface area contributed by atoms with Gasteiger partial charge in [0.15, 0.2) is 0 Å². The van der Waals surface area contributed by atoms with Gasteiger partial charge in [-0.15, -0.1) is 0 Å². The van der Waals surface area contributed by atoms with Gasteiger partial charge < -0.3 is 11.1 Å². The predicted octanol–water partition coefficient (Wildman–Crippen LogP) is 1.51. The maximum Gasteiger partial charge on any atom is 0.00746 e. The summed E-state index contributed by atoms with van der Waals surface area (Å²) in [6.45, 7) is 2.94. The van der Waals surface area contributed by atoms with Gasteiger partial charge >= 0.3 is 0 Å². The van der Waals surface area contributed by atoms with E-state index in [1.165, 1.54) is 45.1 Å². The highest BCUT2D eigenvalue weighted by Crippen LogP contribution is 2.21. The molecule has 1 fully saturated rings. The molecule has 0 radical (unpaired) electrons. The fraction of sp³-hybridized carbons (Fsp3) is 1.00. The van der Waals surface area contributed by atoms with E-state index in [2.05, 4.69) is 5.32 Å². The smallest absolute Gasteiger partial charge is 0.00746 e. The highest BCUT2D eigenvalue weighted by molar-refractivity contribution is 4.66. The van der Waals surface area contributed by atoms with Crippen molar-refractivity contribution in [3.05, 3.63) is 0 Å². The summed E-state index contributed by atoms with van der Waals surface area (Å²) in [5.41, 5.74) is 5.41. The fourth-order valence-electron chi connectivity index (χ4n) is 1.98. The van der Waals surface area contributed by atoms with E-state index in [0.717, 1.165) is 19.0 Å². The minimum Gasteiger partial charge on any atom is -0.329 e. The molecule has 1 aliphatic carbocycles. The van der Waals surface area contributed by atoms with Crippen LogP contribution < -0.4 is 11.1 Å². The maximum atomic E-state index is 5.41. The molecule has 2 nitrogen and oxygen atoms in total. The highest BCUT2D eigenvalue weighted by atomic mass is 14.9. The molecule has 2 heteroatoms. The minimum atomic E-state index is 0.771. The Bertz CT molecular complexity index is 96.0. The first kappa shape index (κ1) is 10.0. The third kappa shape index (κ3) is 4.07. The molecule has 72 valence electrons. The van der Waals surface area contributed by atoms with Crippen molar-refractivity contribution < 1.29 is 0 Å². The quantitative estimate of drug-likeness (QED) is 0.496. The standard InChI is InChI=1S/C10H22N2/c11-7-8-12-9-10-5-3-1-2-4-6-10/h10,12H,1-9,11H2. The van der Waals surface area contributed by atoms with Crippen molar-refractivity contribution in [2.24, 2.45) is 11.7 Å². The van der Waals surface area contributed by atoms with Crippen molar-refractivity contribution in [3.8, 4) is 0 Å². The number of nitrogens with one attached hydrogen (secondary N) is 1. The Morgan fingerprint density at radius 2 is 1.75 bits per heavy atom. The van der Waals surface area contributed by atoms with Crippen molar-refractivity contribution in [1.29, 1.82) is 0 Å². The van der Waals surface area contributed by atoms with Gasteiger partial charge in [0.25, 0.3) is 0 Å². The number of hydrogen-bond acceptors (Lipinski definition) is 2. The molecule has 1 aliphatic rings. The molecule has 12 heavy (non-hydrogen) atoms. The normalized spacial score (nSPS) is 20.8. The van der Waals surface area contributed by atoms with Gasteiger partial charge in [-0.2, -0.15) is 0 Å². The average Bonchev–Trinajstić information content (AvgIpc) is 2.33. The van der Waals surface area contributed by atoms with Crippen LogP contribution in [0, 0.1) is 5.92 Å². The highest BCUT2D eigenvalue weighted by Gasteiger charge is 2.10. The van der Waals surface area contributed by atoms with E-state index in [-0.39, 0.29) is 0 Å². The zero-order valence-electron chi connectivity index (χ0n) is 8.02. The predicted molar refractivity (Wildman–Crippen MR) is 53.1 cm³/mol. The van der Waals surface area contributed by atoms with E-state index in [0.29, 0.717) is 0 Å². The zero-order valence-corrected chi connectivity index (χ0v) is 8.02. The Labute approximate surface area is 75.9 Å². The molecule has 0 aromatic carbocycles. The summed E-state index contributed by atoms with van der Waals surface area (Å²) in [7, 11) is 0. The lowest BCUT2D eigenvalue weighted by molar-refractivity contribution is 0.428. The molecule has 0 aromatic rings. The van der Waals surface area contributed by atoms with E-state index >= 15 is 0 Å². The Balaban J connectivity index is 2.04. The van der Waals surface area contributed by atoms with Crippen LogP contribution in [0.25, 0.3) is 0 Å². The van der Waals surface area contributed by atoms with Crippen LogP contribution in [0.1, 0.15) is 38.5 Å². The number of hydrogen-bond donors (Lipinski definition) is 2. The molecule has 1 rings (SSSR count). The molecule has 0 atom stereocenters. The molecule has 0 amide bonds. The lowest BCUT2D eigenvalue weighted by atomic mass is 10.0. The van der Waals surface area contributed by atoms with Crippen molar-refractivity contribution in [3.63, 3.8) is 0 Å². The topological polar surface area (TPSA) is 38.0 Å². The Kier molecular flexibility index (Phi) is 5.37. The zero-order chi connectivity index (χ0) is 8.65. The van der Waals surface area contributed by atoms with Crippen LogP contribution in [-0.4, -0.2) is 19.6 Å². The monoisotopic (exact) mass is 170 g/mol. The maximum absolute atomic E-state index is 5.41. The summed E-state index contributed by atoms with van der Waals surface area (Å²) in [6, 6.07) is 0. The fourth-order valence-corrected chi connectivity index (χ4v) is 1.98. The van der Waals surface area contributed by atoms with Gasteiger partial charge in [-0.05, 0) is 25.3 Å². The first-order chi connectivity index (χ1) is 5.93. The molecule has 1 saturated carbocycles. The van der Waals surface area contributed by atoms with Gasteiger partial charge in [0.05, 0.1) is 0 Å². The molecular formula is C10H22N2. The van der Waals surface area contributed by atoms with Crippen molar-refractivity contribution >= 4 is 0 Å². The van der Waals surface area contributed by atoms with Crippen LogP contribution in [0.15, 0.2) is 0 Å². The first-order valence-corrected chi connectivity index (χ1v) is 5.34. The van der Waals surface area contributed by atoms with Gasteiger partial charge in [0.2, 0.25) is 0 Å². The van der Waals surface area contributed by atoms with Gasteiger partial charge in [0.1, 0.15) is 0 Å². The molecule has 0 aliphatic heterocycles. The van der Waals surface area contributed by atoms with Gasteiger partial charge in [-0.25, -0.2) is 0 Å². The van der Waals surface area contributed by atoms with Gasteiger partial charge in [-0.1, -0.05) is 25.7 Å². The van der Waals surface area contributed by atoms with Crippen LogP contribution in [-0.2, 0) is 0 Å². The summed E-state index contributed by atoms with van der Waals surface area (Å²) in [5.74, 6) is 0.930. The molecule has 3 N–H and O–H groups in total. The average molecular weight is 170 g/mol. The lowest BCUT2D eigenvalue weighted by Crippen LogP contribution is -2.27. The minimum absolute atomic E-state index is 0.771. The summed E-state index contributed by atoms with van der Waals surface area (Å²) < 4.78 is 0. The largest absolute Gasteiger partial charge is 0.329 e. The molecule has 0 spiro atoms. The van der Waals surface area contributed by atoms with E-state index < -0.39 is 0 Å². The van der Waals surface area contributed by atoms with Crippen molar-refractivity contribution in [1.82, 2.24) is 5.32 Å². The summed E-state index contributed by atoms with van der Waals surface area (Å²) in [6.07, 6.45) is 8.64. The van der Waals surface area contributed by atoms with E-state index in [1.807, 2.05) is 0 Å². The molecule has 0 unspecified atom stereocenters. The molecular weight excluding hydrogens is 148 g/mol. The summed E-state index contributed by atoms with van der Waals surface area (Å²) in [5, 5.41) is 3.41. The van der Waals surface area contributed by atoms with Crippen LogP contribution >= 0.6 is 0 Å². The third-order valence-corrected chi connectivity index (χ3v) is 2.73. The van der Waals surface area contributed by atoms with Crippen LogP contribution in [0.3, 0.4) is 0 Å². The van der Waals surface area contributed by atoms with Crippen molar-refractivity contribution in [2.45, 2.75) is 38.5 Å². The van der Waals surface area contributed by atoms with E-state index in [1.54, 1.807) is 0 Å². The Morgan fingerprint density at radius 1 is 1.08 bits per heavy atom. The van der Waals surface area contributed by atoms with Crippen molar-refractivity contribution in [2.75, 3.05) is 19.6 Å². The number of nitrogens with two attached hydrogens (primary N) is 1. The first-order valence-electron chi connectivity index (χ1n) is 5.34. The van der Waals surface area contributed by atoms with E-state index in [9.17, 15) is 0 Å². The van der Waals surface area contributed by atoms with Crippen LogP contribution in [0.5, 0.6) is 0 Å². The van der Waals surface area contributed by atoms with E-state index in [4.69, 9.17) is 5.73 Å². The SMILES string of the molecule is NCCNCC1CCCCCC1.